The van der Waals surface area contributed by atoms with E-state index >= 15 is 0 Å². The summed E-state index contributed by atoms with van der Waals surface area (Å²) in [5, 5.41) is 8.92. The van der Waals surface area contributed by atoms with Crippen LogP contribution in [0, 0.1) is 0 Å². The zero-order chi connectivity index (χ0) is 20.6. The number of aromatic nitrogens is 3. The van der Waals surface area contributed by atoms with Crippen molar-refractivity contribution in [2.24, 2.45) is 0 Å². The lowest BCUT2D eigenvalue weighted by Gasteiger charge is -2.29. The molecule has 1 aliphatic rings. The van der Waals surface area contributed by atoms with Gasteiger partial charge in [-0.15, -0.1) is 11.3 Å². The number of nitrogens with zero attached hydrogens (tertiary/aromatic N) is 4. The lowest BCUT2D eigenvalue weighted by molar-refractivity contribution is 0.589. The fourth-order valence-corrected chi connectivity index (χ4v) is 5.85. The van der Waals surface area contributed by atoms with Crippen LogP contribution in [0.1, 0.15) is 0 Å². The van der Waals surface area contributed by atoms with Crippen molar-refractivity contribution in [1.29, 1.82) is 0 Å². The minimum atomic E-state index is -3.68. The SMILES string of the molecule is O=S(=O)(c1cccs1)n1ccc2cnc(Nc3ccc(N4CCNCC4)cc3)nc21. The molecule has 0 atom stereocenters. The van der Waals surface area contributed by atoms with Gasteiger partial charge in [0.15, 0.2) is 5.65 Å². The summed E-state index contributed by atoms with van der Waals surface area (Å²) >= 11 is 1.18. The van der Waals surface area contributed by atoms with Gasteiger partial charge in [0, 0.05) is 55.3 Å². The molecule has 4 aromatic rings. The topological polar surface area (TPSA) is 92.2 Å². The van der Waals surface area contributed by atoms with Crippen molar-refractivity contribution in [3.05, 3.63) is 60.2 Å². The van der Waals surface area contributed by atoms with E-state index in [1.807, 2.05) is 12.1 Å². The first kappa shape index (κ1) is 19.0. The van der Waals surface area contributed by atoms with Crippen LogP contribution in [0.15, 0.2) is 64.4 Å². The Morgan fingerprint density at radius 1 is 1.07 bits per heavy atom. The molecular formula is C20H20N6O2S2. The van der Waals surface area contributed by atoms with Crippen LogP contribution in [0.4, 0.5) is 17.3 Å². The molecule has 8 nitrogen and oxygen atoms in total. The molecule has 4 heterocycles. The summed E-state index contributed by atoms with van der Waals surface area (Å²) in [6, 6.07) is 13.1. The predicted molar refractivity (Wildman–Crippen MR) is 119 cm³/mol. The summed E-state index contributed by atoms with van der Waals surface area (Å²) in [5.74, 6) is 0.346. The van der Waals surface area contributed by atoms with Crippen LogP contribution in [-0.2, 0) is 10.0 Å². The van der Waals surface area contributed by atoms with Gasteiger partial charge in [-0.2, -0.15) is 13.4 Å². The van der Waals surface area contributed by atoms with Crippen LogP contribution >= 0.6 is 11.3 Å². The van der Waals surface area contributed by atoms with Gasteiger partial charge in [0.25, 0.3) is 10.0 Å². The normalized spacial score (nSPS) is 14.9. The average molecular weight is 441 g/mol. The third-order valence-corrected chi connectivity index (χ3v) is 8.05. The van der Waals surface area contributed by atoms with Crippen LogP contribution in [-0.4, -0.2) is 48.5 Å². The molecule has 0 saturated carbocycles. The maximum absolute atomic E-state index is 12.9. The van der Waals surface area contributed by atoms with Gasteiger partial charge in [-0.3, -0.25) is 0 Å². The lowest BCUT2D eigenvalue weighted by atomic mass is 10.2. The third-order valence-electron chi connectivity index (χ3n) is 5.01. The molecule has 30 heavy (non-hydrogen) atoms. The molecule has 2 N–H and O–H groups in total. The van der Waals surface area contributed by atoms with Gasteiger partial charge in [0.1, 0.15) is 4.21 Å². The molecule has 0 spiro atoms. The van der Waals surface area contributed by atoms with E-state index in [2.05, 4.69) is 37.6 Å². The lowest BCUT2D eigenvalue weighted by Crippen LogP contribution is -2.43. The van der Waals surface area contributed by atoms with Gasteiger partial charge in [0.05, 0.1) is 0 Å². The van der Waals surface area contributed by atoms with E-state index in [4.69, 9.17) is 0 Å². The van der Waals surface area contributed by atoms with E-state index in [0.717, 1.165) is 31.9 Å². The molecule has 1 aromatic carbocycles. The summed E-state index contributed by atoms with van der Waals surface area (Å²) in [6.07, 6.45) is 3.14. The number of hydrogen-bond donors (Lipinski definition) is 2. The number of nitrogens with one attached hydrogen (secondary N) is 2. The fourth-order valence-electron chi connectivity index (χ4n) is 3.46. The molecular weight excluding hydrogens is 420 g/mol. The van der Waals surface area contributed by atoms with Crippen molar-refractivity contribution < 1.29 is 8.42 Å². The quantitative estimate of drug-likeness (QED) is 0.493. The highest BCUT2D eigenvalue weighted by Crippen LogP contribution is 2.25. The Bertz CT molecular complexity index is 1260. The Morgan fingerprint density at radius 3 is 2.60 bits per heavy atom. The Balaban J connectivity index is 1.41. The zero-order valence-electron chi connectivity index (χ0n) is 16.0. The van der Waals surface area contributed by atoms with Crippen LogP contribution < -0.4 is 15.5 Å². The van der Waals surface area contributed by atoms with Gasteiger partial charge >= 0.3 is 0 Å². The highest BCUT2D eigenvalue weighted by molar-refractivity contribution is 7.92. The number of fused-ring (bicyclic) bond motifs is 1. The molecule has 0 amide bonds. The van der Waals surface area contributed by atoms with E-state index < -0.39 is 10.0 Å². The maximum atomic E-state index is 12.9. The Hall–Kier alpha value is -2.95. The molecule has 5 rings (SSSR count). The summed E-state index contributed by atoms with van der Waals surface area (Å²) in [7, 11) is -3.68. The number of thiophene rings is 1. The highest BCUT2D eigenvalue weighted by atomic mass is 32.2. The molecule has 1 aliphatic heterocycles. The van der Waals surface area contributed by atoms with Crippen molar-refractivity contribution in [2.45, 2.75) is 4.21 Å². The van der Waals surface area contributed by atoms with Gasteiger partial charge in [-0.25, -0.2) is 8.96 Å². The maximum Gasteiger partial charge on any atom is 0.278 e. The fraction of sp³-hybridized carbons (Fsp3) is 0.200. The van der Waals surface area contributed by atoms with E-state index in [9.17, 15) is 8.42 Å². The Labute approximate surface area is 178 Å². The number of benzene rings is 1. The van der Waals surface area contributed by atoms with Crippen molar-refractivity contribution in [1.82, 2.24) is 19.3 Å². The van der Waals surface area contributed by atoms with E-state index in [0.29, 0.717) is 17.0 Å². The number of hydrogen-bond acceptors (Lipinski definition) is 8. The van der Waals surface area contributed by atoms with E-state index in [1.54, 1.807) is 29.8 Å². The molecule has 1 fully saturated rings. The van der Waals surface area contributed by atoms with Crippen molar-refractivity contribution >= 4 is 49.7 Å². The molecule has 0 bridgehead atoms. The predicted octanol–water partition coefficient (Wildman–Crippen LogP) is 2.88. The number of piperazine rings is 1. The first-order chi connectivity index (χ1) is 14.6. The van der Waals surface area contributed by atoms with Crippen LogP contribution in [0.5, 0.6) is 0 Å². The van der Waals surface area contributed by atoms with Crippen LogP contribution in [0.3, 0.4) is 0 Å². The Morgan fingerprint density at radius 2 is 1.87 bits per heavy atom. The van der Waals surface area contributed by atoms with Crippen molar-refractivity contribution in [3.8, 4) is 0 Å². The molecule has 0 unspecified atom stereocenters. The second-order valence-electron chi connectivity index (χ2n) is 6.93. The minimum Gasteiger partial charge on any atom is -0.369 e. The van der Waals surface area contributed by atoms with Gasteiger partial charge in [-0.1, -0.05) is 6.07 Å². The largest absolute Gasteiger partial charge is 0.369 e. The monoisotopic (exact) mass is 440 g/mol. The zero-order valence-corrected chi connectivity index (χ0v) is 17.7. The number of rotatable bonds is 5. The van der Waals surface area contributed by atoms with Gasteiger partial charge in [0.2, 0.25) is 5.95 Å². The molecule has 0 aliphatic carbocycles. The molecule has 10 heteroatoms. The second-order valence-corrected chi connectivity index (χ2v) is 9.92. The molecule has 3 aromatic heterocycles. The highest BCUT2D eigenvalue weighted by Gasteiger charge is 2.21. The third kappa shape index (κ3) is 3.53. The standard InChI is InChI=1S/C20H20N6O2S2/c27-30(28,18-2-1-13-29-18)26-10-7-15-14-22-20(24-19(15)26)23-16-3-5-17(6-4-16)25-11-8-21-9-12-25/h1-7,10,13-14,21H,8-9,11-12H2,(H,22,23,24). The summed E-state index contributed by atoms with van der Waals surface area (Å²) in [5.41, 5.74) is 2.36. The smallest absolute Gasteiger partial charge is 0.278 e. The second kappa shape index (κ2) is 7.71. The van der Waals surface area contributed by atoms with Gasteiger partial charge < -0.3 is 15.5 Å². The first-order valence-electron chi connectivity index (χ1n) is 9.57. The number of anilines is 3. The summed E-state index contributed by atoms with van der Waals surface area (Å²) in [4.78, 5) is 11.1. The van der Waals surface area contributed by atoms with Crippen LogP contribution in [0.25, 0.3) is 11.0 Å². The minimum absolute atomic E-state index is 0.275. The average Bonchev–Trinajstić information content (AvgIpc) is 3.46. The Kier molecular flexibility index (Phi) is 4.89. The summed E-state index contributed by atoms with van der Waals surface area (Å²) in [6.45, 7) is 3.95. The van der Waals surface area contributed by atoms with Gasteiger partial charge in [-0.05, 0) is 41.8 Å². The molecule has 1 saturated heterocycles. The first-order valence-corrected chi connectivity index (χ1v) is 11.9. The van der Waals surface area contributed by atoms with E-state index in [1.165, 1.54) is 27.2 Å². The van der Waals surface area contributed by atoms with E-state index in [-0.39, 0.29) is 4.21 Å². The molecule has 0 radical (unpaired) electrons. The molecule has 154 valence electrons. The van der Waals surface area contributed by atoms with Crippen molar-refractivity contribution in [3.63, 3.8) is 0 Å². The summed E-state index contributed by atoms with van der Waals surface area (Å²) < 4.78 is 27.3. The van der Waals surface area contributed by atoms with Crippen molar-refractivity contribution in [2.75, 3.05) is 36.4 Å². The van der Waals surface area contributed by atoms with Crippen LogP contribution in [0.2, 0.25) is 0 Å².